The lowest BCUT2D eigenvalue weighted by atomic mass is 10.0. The molecule has 0 aliphatic carbocycles. The average Bonchev–Trinajstić information content (AvgIpc) is 2.36. The highest BCUT2D eigenvalue weighted by Gasteiger charge is 2.22. The first-order valence-electron chi connectivity index (χ1n) is 6.22. The molecule has 2 N–H and O–H groups in total. The highest BCUT2D eigenvalue weighted by Crippen LogP contribution is 2.32. The number of nitrogens with one attached hydrogen (secondary N) is 2. The van der Waals surface area contributed by atoms with Gasteiger partial charge in [0.25, 0.3) is 5.91 Å². The van der Waals surface area contributed by atoms with Gasteiger partial charge in [0.2, 0.25) is 0 Å². The van der Waals surface area contributed by atoms with Crippen molar-refractivity contribution in [2.24, 2.45) is 5.92 Å². The Morgan fingerprint density at radius 1 is 1.48 bits per heavy atom. The molecule has 0 spiro atoms. The maximum atomic E-state index is 12.4. The fourth-order valence-electron chi connectivity index (χ4n) is 1.89. The maximum Gasteiger partial charge on any atom is 0.387 e. The number of amides is 1. The van der Waals surface area contributed by atoms with Crippen LogP contribution in [0.1, 0.15) is 10.4 Å². The first-order valence-corrected chi connectivity index (χ1v) is 6.22. The van der Waals surface area contributed by atoms with Gasteiger partial charge in [-0.3, -0.25) is 4.79 Å². The fraction of sp³-hybridized carbons (Fsp3) is 0.462. The smallest absolute Gasteiger partial charge is 0.387 e. The molecule has 0 saturated carbocycles. The van der Waals surface area contributed by atoms with Crippen LogP contribution in [-0.2, 0) is 0 Å². The second kappa shape index (κ2) is 7.99. The van der Waals surface area contributed by atoms with E-state index in [2.05, 4.69) is 15.4 Å². The van der Waals surface area contributed by atoms with Crippen LogP contribution in [0, 0.1) is 5.92 Å². The summed E-state index contributed by atoms with van der Waals surface area (Å²) in [5, 5.41) is 5.79. The SMILES string of the molecule is COc1cccc(C(=O)NCC2CNC2)c1OC(F)F.Cl. The summed E-state index contributed by atoms with van der Waals surface area (Å²) in [7, 11) is 1.33. The quantitative estimate of drug-likeness (QED) is 0.836. The third kappa shape index (κ3) is 4.44. The summed E-state index contributed by atoms with van der Waals surface area (Å²) in [6.07, 6.45) is 0. The number of hydrogen-bond donors (Lipinski definition) is 2. The van der Waals surface area contributed by atoms with Crippen LogP contribution in [0.3, 0.4) is 0 Å². The van der Waals surface area contributed by atoms with Gasteiger partial charge < -0.3 is 20.1 Å². The lowest BCUT2D eigenvalue weighted by Crippen LogP contribution is -2.48. The van der Waals surface area contributed by atoms with Crippen LogP contribution in [0.2, 0.25) is 0 Å². The number of para-hydroxylation sites is 1. The van der Waals surface area contributed by atoms with Crippen molar-refractivity contribution >= 4 is 18.3 Å². The number of halogens is 3. The molecule has 21 heavy (non-hydrogen) atoms. The van der Waals surface area contributed by atoms with Crippen LogP contribution in [0.4, 0.5) is 8.78 Å². The Kier molecular flexibility index (Phi) is 6.64. The highest BCUT2D eigenvalue weighted by molar-refractivity contribution is 5.97. The van der Waals surface area contributed by atoms with E-state index in [0.29, 0.717) is 12.5 Å². The third-order valence-electron chi connectivity index (χ3n) is 3.07. The van der Waals surface area contributed by atoms with Gasteiger partial charge in [0, 0.05) is 25.6 Å². The molecule has 1 saturated heterocycles. The largest absolute Gasteiger partial charge is 0.493 e. The molecule has 0 bridgehead atoms. The van der Waals surface area contributed by atoms with Gasteiger partial charge in [-0.25, -0.2) is 0 Å². The van der Waals surface area contributed by atoms with E-state index < -0.39 is 12.5 Å². The van der Waals surface area contributed by atoms with Crippen molar-refractivity contribution in [1.82, 2.24) is 10.6 Å². The Labute approximate surface area is 127 Å². The maximum absolute atomic E-state index is 12.4. The van der Waals surface area contributed by atoms with Crippen molar-refractivity contribution in [3.8, 4) is 11.5 Å². The van der Waals surface area contributed by atoms with E-state index in [1.54, 1.807) is 6.07 Å². The van der Waals surface area contributed by atoms with E-state index in [1.807, 2.05) is 0 Å². The normalized spacial score (nSPS) is 14.1. The molecule has 8 heteroatoms. The number of carbonyl (C=O) groups is 1. The van der Waals surface area contributed by atoms with Crippen molar-refractivity contribution < 1.29 is 23.0 Å². The molecule has 0 unspecified atom stereocenters. The summed E-state index contributed by atoms with van der Waals surface area (Å²) in [6.45, 7) is -0.831. The highest BCUT2D eigenvalue weighted by atomic mass is 35.5. The monoisotopic (exact) mass is 322 g/mol. The molecule has 1 heterocycles. The van der Waals surface area contributed by atoms with Gasteiger partial charge in [0.1, 0.15) is 0 Å². The molecule has 0 radical (unpaired) electrons. The van der Waals surface area contributed by atoms with Crippen LogP contribution in [0.25, 0.3) is 0 Å². The van der Waals surface area contributed by atoms with Gasteiger partial charge in [0.05, 0.1) is 12.7 Å². The Balaban J connectivity index is 0.00000220. The van der Waals surface area contributed by atoms with E-state index in [0.717, 1.165) is 13.1 Å². The molecule has 0 aromatic heterocycles. The molecule has 118 valence electrons. The van der Waals surface area contributed by atoms with Crippen LogP contribution in [0.15, 0.2) is 18.2 Å². The topological polar surface area (TPSA) is 59.6 Å². The minimum Gasteiger partial charge on any atom is -0.493 e. The van der Waals surface area contributed by atoms with Crippen molar-refractivity contribution in [1.29, 1.82) is 0 Å². The first kappa shape index (κ1) is 17.5. The molecule has 1 fully saturated rings. The Hall–Kier alpha value is -1.60. The van der Waals surface area contributed by atoms with Crippen molar-refractivity contribution in [2.75, 3.05) is 26.7 Å². The van der Waals surface area contributed by atoms with Crippen LogP contribution < -0.4 is 20.1 Å². The third-order valence-corrected chi connectivity index (χ3v) is 3.07. The predicted octanol–water partition coefficient (Wildman–Crippen LogP) is 1.67. The Bertz CT molecular complexity index is 484. The van der Waals surface area contributed by atoms with Gasteiger partial charge in [-0.15, -0.1) is 12.4 Å². The average molecular weight is 323 g/mol. The number of alkyl halides is 2. The first-order chi connectivity index (χ1) is 9.61. The zero-order valence-corrected chi connectivity index (χ0v) is 12.2. The van der Waals surface area contributed by atoms with Crippen molar-refractivity contribution in [2.45, 2.75) is 6.61 Å². The van der Waals surface area contributed by atoms with Crippen LogP contribution >= 0.6 is 12.4 Å². The molecule has 2 rings (SSSR count). The number of rotatable bonds is 6. The number of ether oxygens (including phenoxy) is 2. The second-order valence-corrected chi connectivity index (χ2v) is 4.45. The van der Waals surface area contributed by atoms with E-state index in [9.17, 15) is 13.6 Å². The van der Waals surface area contributed by atoms with Gasteiger partial charge in [-0.2, -0.15) is 8.78 Å². The van der Waals surface area contributed by atoms with Crippen LogP contribution in [0.5, 0.6) is 11.5 Å². The van der Waals surface area contributed by atoms with Gasteiger partial charge in [-0.1, -0.05) is 6.07 Å². The molecular formula is C13H17ClF2N2O3. The molecule has 1 aromatic rings. The summed E-state index contributed by atoms with van der Waals surface area (Å²) in [5.74, 6) is -0.215. The Morgan fingerprint density at radius 3 is 2.71 bits per heavy atom. The minimum absolute atomic E-state index is 0. The second-order valence-electron chi connectivity index (χ2n) is 4.45. The number of benzene rings is 1. The molecule has 1 amide bonds. The molecular weight excluding hydrogens is 306 g/mol. The molecule has 0 atom stereocenters. The number of methoxy groups -OCH3 is 1. The van der Waals surface area contributed by atoms with E-state index in [-0.39, 0.29) is 29.5 Å². The molecule has 1 aliphatic heterocycles. The van der Waals surface area contributed by atoms with Gasteiger partial charge >= 0.3 is 6.61 Å². The molecule has 5 nitrogen and oxygen atoms in total. The van der Waals surface area contributed by atoms with Crippen LogP contribution in [-0.4, -0.2) is 39.3 Å². The van der Waals surface area contributed by atoms with Crippen molar-refractivity contribution in [3.05, 3.63) is 23.8 Å². The molecule has 1 aromatic carbocycles. The number of hydrogen-bond acceptors (Lipinski definition) is 4. The summed E-state index contributed by atoms with van der Waals surface area (Å²) in [5.41, 5.74) is 0.0388. The summed E-state index contributed by atoms with van der Waals surface area (Å²) >= 11 is 0. The van der Waals surface area contributed by atoms with E-state index >= 15 is 0 Å². The fourth-order valence-corrected chi connectivity index (χ4v) is 1.89. The number of carbonyl (C=O) groups excluding carboxylic acids is 1. The van der Waals surface area contributed by atoms with E-state index in [4.69, 9.17) is 4.74 Å². The summed E-state index contributed by atoms with van der Waals surface area (Å²) in [6, 6.07) is 4.44. The van der Waals surface area contributed by atoms with Gasteiger partial charge in [0.15, 0.2) is 11.5 Å². The minimum atomic E-state index is -3.02. The zero-order valence-electron chi connectivity index (χ0n) is 11.4. The summed E-state index contributed by atoms with van der Waals surface area (Å²) < 4.78 is 34.2. The molecule has 1 aliphatic rings. The van der Waals surface area contributed by atoms with Gasteiger partial charge in [-0.05, 0) is 12.1 Å². The lowest BCUT2D eigenvalue weighted by Gasteiger charge is -2.27. The van der Waals surface area contributed by atoms with E-state index in [1.165, 1.54) is 19.2 Å². The summed E-state index contributed by atoms with van der Waals surface area (Å²) in [4.78, 5) is 12.0. The standard InChI is InChI=1S/C13H16F2N2O3.ClH/c1-19-10-4-2-3-9(11(10)20-13(14)15)12(18)17-7-8-5-16-6-8;/h2-4,8,13,16H,5-7H2,1H3,(H,17,18);1H. The Morgan fingerprint density at radius 2 is 2.19 bits per heavy atom. The predicted molar refractivity (Wildman–Crippen MR) is 75.6 cm³/mol. The van der Waals surface area contributed by atoms with Crippen molar-refractivity contribution in [3.63, 3.8) is 0 Å². The lowest BCUT2D eigenvalue weighted by molar-refractivity contribution is -0.0515. The zero-order chi connectivity index (χ0) is 14.5.